The fourth-order valence-electron chi connectivity index (χ4n) is 3.50. The number of methoxy groups -OCH3 is 1. The lowest BCUT2D eigenvalue weighted by molar-refractivity contribution is 0.186. The fraction of sp³-hybridized carbons (Fsp3) is 0.429. The number of aromatic nitrogens is 4. The van der Waals surface area contributed by atoms with Gasteiger partial charge in [0.25, 0.3) is 5.56 Å². The molecule has 0 fully saturated rings. The van der Waals surface area contributed by atoms with E-state index >= 15 is 0 Å². The van der Waals surface area contributed by atoms with Crippen molar-refractivity contribution in [1.82, 2.24) is 19.2 Å². The van der Waals surface area contributed by atoms with Gasteiger partial charge >= 0.3 is 0 Å². The standard InChI is InChI=1S/C21H27N7O2/c1-4-15-17(5-2)26-28-18(23)16(13-22)19(25-20(15)28)24-9-8-14-7-6-10-27(21(14)29)11-12-30-3/h6-7,10H,4-5,8-9,11-12,23H2,1-3H3,(H,24,25). The zero-order valence-electron chi connectivity index (χ0n) is 17.6. The minimum atomic E-state index is -0.0450. The van der Waals surface area contributed by atoms with E-state index in [0.29, 0.717) is 43.1 Å². The van der Waals surface area contributed by atoms with Gasteiger partial charge in [-0.1, -0.05) is 19.9 Å². The maximum absolute atomic E-state index is 12.6. The number of nitrogens with zero attached hydrogens (tertiary/aromatic N) is 5. The summed E-state index contributed by atoms with van der Waals surface area (Å²) in [6, 6.07) is 5.78. The fourth-order valence-corrected chi connectivity index (χ4v) is 3.50. The highest BCUT2D eigenvalue weighted by atomic mass is 16.5. The van der Waals surface area contributed by atoms with Crippen molar-refractivity contribution in [3.05, 3.63) is 51.1 Å². The molecule has 0 aliphatic heterocycles. The number of pyridine rings is 1. The number of hydrogen-bond donors (Lipinski definition) is 2. The van der Waals surface area contributed by atoms with Gasteiger partial charge in [-0.25, -0.2) is 4.98 Å². The molecule has 3 heterocycles. The van der Waals surface area contributed by atoms with E-state index in [-0.39, 0.29) is 16.9 Å². The molecule has 3 N–H and O–H groups in total. The lowest BCUT2D eigenvalue weighted by Crippen LogP contribution is -2.26. The van der Waals surface area contributed by atoms with Gasteiger partial charge in [0.05, 0.1) is 12.3 Å². The molecule has 0 unspecified atom stereocenters. The van der Waals surface area contributed by atoms with Gasteiger partial charge in [-0.3, -0.25) is 4.79 Å². The Morgan fingerprint density at radius 2 is 2.13 bits per heavy atom. The maximum atomic E-state index is 12.6. The Morgan fingerprint density at radius 1 is 1.33 bits per heavy atom. The minimum absolute atomic E-state index is 0.0450. The highest BCUT2D eigenvalue weighted by Crippen LogP contribution is 2.25. The zero-order chi connectivity index (χ0) is 21.7. The molecule has 9 nitrogen and oxygen atoms in total. The van der Waals surface area contributed by atoms with Crippen molar-refractivity contribution in [2.24, 2.45) is 0 Å². The second-order valence-electron chi connectivity index (χ2n) is 6.90. The molecule has 3 aromatic rings. The van der Waals surface area contributed by atoms with Crippen molar-refractivity contribution in [2.45, 2.75) is 39.7 Å². The second kappa shape index (κ2) is 9.41. The summed E-state index contributed by atoms with van der Waals surface area (Å²) in [4.78, 5) is 17.2. The summed E-state index contributed by atoms with van der Waals surface area (Å²) in [6.07, 6.45) is 3.78. The van der Waals surface area contributed by atoms with Crippen LogP contribution in [0.4, 0.5) is 11.6 Å². The van der Waals surface area contributed by atoms with E-state index in [4.69, 9.17) is 10.5 Å². The number of nitrogen functional groups attached to an aromatic ring is 1. The molecule has 0 spiro atoms. The number of hydrogen-bond acceptors (Lipinski definition) is 7. The zero-order valence-corrected chi connectivity index (χ0v) is 17.6. The third-order valence-electron chi connectivity index (χ3n) is 5.10. The van der Waals surface area contributed by atoms with Crippen LogP contribution in [0.2, 0.25) is 0 Å². The second-order valence-corrected chi connectivity index (χ2v) is 6.90. The van der Waals surface area contributed by atoms with E-state index in [1.165, 1.54) is 0 Å². The summed E-state index contributed by atoms with van der Waals surface area (Å²) < 4.78 is 8.23. The highest BCUT2D eigenvalue weighted by Gasteiger charge is 2.19. The summed E-state index contributed by atoms with van der Waals surface area (Å²) >= 11 is 0. The third kappa shape index (κ3) is 4.00. The topological polar surface area (TPSA) is 123 Å². The highest BCUT2D eigenvalue weighted by molar-refractivity contribution is 5.69. The lowest BCUT2D eigenvalue weighted by Gasteiger charge is -2.11. The average molecular weight is 409 g/mol. The Labute approximate surface area is 175 Å². The predicted molar refractivity (Wildman–Crippen MR) is 116 cm³/mol. The van der Waals surface area contributed by atoms with Crippen LogP contribution in [0.25, 0.3) is 5.65 Å². The molecule has 9 heteroatoms. The summed E-state index contributed by atoms with van der Waals surface area (Å²) in [5, 5.41) is 17.3. The predicted octanol–water partition coefficient (Wildman–Crippen LogP) is 1.77. The minimum Gasteiger partial charge on any atom is -0.383 e. The number of nitrogens with one attached hydrogen (secondary N) is 1. The van der Waals surface area contributed by atoms with E-state index in [1.54, 1.807) is 22.4 Å². The number of fused-ring (bicyclic) bond motifs is 1. The molecule has 0 saturated heterocycles. The average Bonchev–Trinajstić information content (AvgIpc) is 3.12. The Morgan fingerprint density at radius 3 is 2.80 bits per heavy atom. The van der Waals surface area contributed by atoms with Crippen LogP contribution in [-0.4, -0.2) is 39.4 Å². The molecule has 30 heavy (non-hydrogen) atoms. The molecule has 0 aliphatic carbocycles. The van der Waals surface area contributed by atoms with Gasteiger partial charge in [0.15, 0.2) is 5.65 Å². The number of nitriles is 1. The molecule has 0 atom stereocenters. The van der Waals surface area contributed by atoms with Crippen molar-refractivity contribution >= 4 is 17.3 Å². The molecule has 3 aromatic heterocycles. The summed E-state index contributed by atoms with van der Waals surface area (Å²) in [5.41, 5.74) is 9.73. The normalized spacial score (nSPS) is 11.0. The van der Waals surface area contributed by atoms with Crippen molar-refractivity contribution in [3.63, 3.8) is 0 Å². The molecular formula is C21H27N7O2. The monoisotopic (exact) mass is 409 g/mol. The SMILES string of the molecule is CCc1nn2c(N)c(C#N)c(NCCc3cccn(CCOC)c3=O)nc2c1CC. The van der Waals surface area contributed by atoms with Crippen LogP contribution in [0.3, 0.4) is 0 Å². The Kier molecular flexibility index (Phi) is 6.69. The lowest BCUT2D eigenvalue weighted by atomic mass is 10.1. The van der Waals surface area contributed by atoms with Gasteiger partial charge in [-0.15, -0.1) is 0 Å². The van der Waals surface area contributed by atoms with Crippen molar-refractivity contribution in [1.29, 1.82) is 5.26 Å². The number of aryl methyl sites for hydroxylation is 2. The molecule has 0 saturated carbocycles. The summed E-state index contributed by atoms with van der Waals surface area (Å²) in [7, 11) is 1.61. The van der Waals surface area contributed by atoms with Crippen LogP contribution >= 0.6 is 0 Å². The molecule has 0 amide bonds. The van der Waals surface area contributed by atoms with E-state index in [2.05, 4.69) is 21.5 Å². The van der Waals surface area contributed by atoms with Crippen molar-refractivity contribution < 1.29 is 4.74 Å². The van der Waals surface area contributed by atoms with Gasteiger partial charge in [0, 0.05) is 37.5 Å². The molecule has 0 aliphatic rings. The quantitative estimate of drug-likeness (QED) is 0.552. The molecule has 0 aromatic carbocycles. The first-order chi connectivity index (χ1) is 14.5. The largest absolute Gasteiger partial charge is 0.383 e. The van der Waals surface area contributed by atoms with E-state index in [9.17, 15) is 10.1 Å². The number of rotatable bonds is 9. The van der Waals surface area contributed by atoms with Gasteiger partial charge < -0.3 is 20.4 Å². The smallest absolute Gasteiger partial charge is 0.253 e. The van der Waals surface area contributed by atoms with Crippen LogP contribution < -0.4 is 16.6 Å². The van der Waals surface area contributed by atoms with Crippen molar-refractivity contribution in [3.8, 4) is 6.07 Å². The van der Waals surface area contributed by atoms with Crippen LogP contribution in [-0.2, 0) is 30.5 Å². The molecule has 158 valence electrons. The molecule has 3 rings (SSSR count). The number of anilines is 2. The van der Waals surface area contributed by atoms with Gasteiger partial charge in [-0.2, -0.15) is 14.9 Å². The van der Waals surface area contributed by atoms with Crippen LogP contribution in [0.5, 0.6) is 0 Å². The van der Waals surface area contributed by atoms with Gasteiger partial charge in [-0.05, 0) is 25.3 Å². The van der Waals surface area contributed by atoms with Crippen molar-refractivity contribution in [2.75, 3.05) is 31.3 Å². The van der Waals surface area contributed by atoms with E-state index in [0.717, 1.165) is 24.1 Å². The number of nitrogens with two attached hydrogens (primary N) is 1. The third-order valence-corrected chi connectivity index (χ3v) is 5.10. The summed E-state index contributed by atoms with van der Waals surface area (Å²) in [6.45, 7) is 5.49. The summed E-state index contributed by atoms with van der Waals surface area (Å²) in [5.74, 6) is 0.677. The first-order valence-corrected chi connectivity index (χ1v) is 10.1. The van der Waals surface area contributed by atoms with Crippen LogP contribution in [0, 0.1) is 11.3 Å². The van der Waals surface area contributed by atoms with E-state index in [1.807, 2.05) is 26.0 Å². The first-order valence-electron chi connectivity index (χ1n) is 10.1. The van der Waals surface area contributed by atoms with Crippen LogP contribution in [0.1, 0.15) is 36.2 Å². The van der Waals surface area contributed by atoms with E-state index < -0.39 is 0 Å². The molecular weight excluding hydrogens is 382 g/mol. The Balaban J connectivity index is 1.86. The van der Waals surface area contributed by atoms with Gasteiger partial charge in [0.2, 0.25) is 0 Å². The first kappa shape index (κ1) is 21.3. The van der Waals surface area contributed by atoms with Crippen LogP contribution in [0.15, 0.2) is 23.1 Å². The van der Waals surface area contributed by atoms with Gasteiger partial charge in [0.1, 0.15) is 23.3 Å². The molecule has 0 radical (unpaired) electrons. The Hall–Kier alpha value is -3.38. The Bertz CT molecular complexity index is 1140. The number of ether oxygens (including phenoxy) is 1. The maximum Gasteiger partial charge on any atom is 0.253 e. The molecule has 0 bridgehead atoms.